The van der Waals surface area contributed by atoms with Gasteiger partial charge in [-0.2, -0.15) is 0 Å². The first-order valence-electron chi connectivity index (χ1n) is 10.6. The van der Waals surface area contributed by atoms with E-state index in [4.69, 9.17) is 11.6 Å². The minimum absolute atomic E-state index is 0.204. The standard InChI is InChI=1S/C10H11N3O.C8H9Cl.C7H18N2/c1-11-9(7-10(14)12-2)8-3-5-13-6-4-8;1-7-3-2-4-8(9)6-5-7;1-7(2)8-5-6-9(3)4/h3-7H,1H2,2H3,(H,12,14);3-6H,2H2,1H3;7-8H,5-6H2,1-4H3/b9-7-;;. The molecule has 7 heteroatoms. The van der Waals surface area contributed by atoms with Crippen molar-refractivity contribution in [3.8, 4) is 0 Å². The Labute approximate surface area is 198 Å². The second-order valence-corrected chi connectivity index (χ2v) is 7.99. The zero-order chi connectivity index (χ0) is 24.4. The van der Waals surface area contributed by atoms with Gasteiger partial charge in [-0.1, -0.05) is 49.2 Å². The van der Waals surface area contributed by atoms with Crippen molar-refractivity contribution in [3.63, 3.8) is 0 Å². The van der Waals surface area contributed by atoms with Gasteiger partial charge in [-0.05, 0) is 52.4 Å². The van der Waals surface area contributed by atoms with Gasteiger partial charge in [-0.25, -0.2) is 0 Å². The molecule has 0 aromatic carbocycles. The molecule has 2 N–H and O–H groups in total. The number of aliphatic imine (C=N–C) groups is 1. The van der Waals surface area contributed by atoms with E-state index < -0.39 is 0 Å². The lowest BCUT2D eigenvalue weighted by molar-refractivity contribution is -0.116. The fraction of sp³-hybridized carbons (Fsp3) is 0.400. The molecule has 0 bridgehead atoms. The summed E-state index contributed by atoms with van der Waals surface area (Å²) >= 11 is 5.73. The number of carbonyl (C=O) groups is 1. The molecule has 0 unspecified atom stereocenters. The van der Waals surface area contributed by atoms with Crippen LogP contribution in [0.5, 0.6) is 0 Å². The monoisotopic (exact) mass is 459 g/mol. The fourth-order valence-electron chi connectivity index (χ4n) is 2.22. The van der Waals surface area contributed by atoms with E-state index in [9.17, 15) is 4.79 Å². The zero-order valence-electron chi connectivity index (χ0n) is 20.2. The maximum Gasteiger partial charge on any atom is 0.245 e. The van der Waals surface area contributed by atoms with Crippen LogP contribution in [-0.2, 0) is 4.79 Å². The predicted molar refractivity (Wildman–Crippen MR) is 139 cm³/mol. The van der Waals surface area contributed by atoms with E-state index in [-0.39, 0.29) is 5.91 Å². The average molecular weight is 460 g/mol. The van der Waals surface area contributed by atoms with Gasteiger partial charge in [0.15, 0.2) is 0 Å². The van der Waals surface area contributed by atoms with Gasteiger partial charge in [0.1, 0.15) is 0 Å². The Bertz CT molecular complexity index is 768. The smallest absolute Gasteiger partial charge is 0.245 e. The highest BCUT2D eigenvalue weighted by Gasteiger charge is 2.00. The quantitative estimate of drug-likeness (QED) is 0.467. The van der Waals surface area contributed by atoms with Crippen LogP contribution < -0.4 is 10.6 Å². The topological polar surface area (TPSA) is 69.6 Å². The summed E-state index contributed by atoms with van der Waals surface area (Å²) in [5.74, 6) is -0.204. The molecule has 1 aliphatic carbocycles. The Morgan fingerprint density at radius 3 is 2.47 bits per heavy atom. The highest BCUT2D eigenvalue weighted by molar-refractivity contribution is 6.31. The largest absolute Gasteiger partial charge is 0.356 e. The molecular weight excluding hydrogens is 422 g/mol. The van der Waals surface area contributed by atoms with Crippen LogP contribution in [0.4, 0.5) is 0 Å². The molecule has 0 spiro atoms. The highest BCUT2D eigenvalue weighted by Crippen LogP contribution is 2.13. The predicted octanol–water partition coefficient (Wildman–Crippen LogP) is 4.43. The maximum atomic E-state index is 11.1. The minimum atomic E-state index is -0.204. The minimum Gasteiger partial charge on any atom is -0.356 e. The first-order valence-corrected chi connectivity index (χ1v) is 11.0. The lowest BCUT2D eigenvalue weighted by Gasteiger charge is -2.11. The summed E-state index contributed by atoms with van der Waals surface area (Å²) in [4.78, 5) is 20.9. The summed E-state index contributed by atoms with van der Waals surface area (Å²) in [6.45, 7) is 12.0. The van der Waals surface area contributed by atoms with Crippen molar-refractivity contribution in [2.24, 2.45) is 4.99 Å². The molecule has 1 aromatic rings. The Morgan fingerprint density at radius 1 is 1.28 bits per heavy atom. The van der Waals surface area contributed by atoms with E-state index in [1.165, 1.54) is 11.6 Å². The van der Waals surface area contributed by atoms with Crippen LogP contribution >= 0.6 is 11.6 Å². The Kier molecular flexibility index (Phi) is 16.6. The molecule has 1 heterocycles. The second-order valence-electron chi connectivity index (χ2n) is 7.56. The van der Waals surface area contributed by atoms with Gasteiger partial charge >= 0.3 is 0 Å². The molecule has 1 amide bonds. The van der Waals surface area contributed by atoms with Crippen LogP contribution in [0.25, 0.3) is 5.70 Å². The molecule has 0 aliphatic heterocycles. The summed E-state index contributed by atoms with van der Waals surface area (Å²) < 4.78 is 0. The molecule has 2 rings (SSSR count). The highest BCUT2D eigenvalue weighted by atomic mass is 35.5. The summed E-state index contributed by atoms with van der Waals surface area (Å²) in [5, 5.41) is 6.65. The number of nitrogens with one attached hydrogen (secondary N) is 2. The normalized spacial score (nSPS) is 13.1. The number of hydrogen-bond donors (Lipinski definition) is 2. The van der Waals surface area contributed by atoms with Gasteiger partial charge in [0.2, 0.25) is 5.91 Å². The van der Waals surface area contributed by atoms with Crippen molar-refractivity contribution in [2.75, 3.05) is 34.2 Å². The number of amides is 1. The molecule has 0 radical (unpaired) electrons. The number of rotatable bonds is 7. The van der Waals surface area contributed by atoms with Gasteiger partial charge in [0.05, 0.1) is 5.70 Å². The van der Waals surface area contributed by atoms with Crippen LogP contribution in [0.2, 0.25) is 0 Å². The second kappa shape index (κ2) is 18.1. The molecule has 176 valence electrons. The van der Waals surface area contributed by atoms with E-state index in [1.54, 1.807) is 31.6 Å². The van der Waals surface area contributed by atoms with Crippen LogP contribution in [0, 0.1) is 0 Å². The van der Waals surface area contributed by atoms with Gasteiger partial charge in [-0.3, -0.25) is 14.8 Å². The molecule has 0 saturated heterocycles. The van der Waals surface area contributed by atoms with Crippen LogP contribution in [0.15, 0.2) is 70.5 Å². The number of likely N-dealkylation sites (N-methyl/N-ethyl adjacent to an activating group) is 2. The molecule has 1 aliphatic rings. The molecular formula is C25H38ClN5O. The maximum absolute atomic E-state index is 11.1. The third-order valence-corrected chi connectivity index (χ3v) is 4.31. The zero-order valence-corrected chi connectivity index (χ0v) is 21.0. The van der Waals surface area contributed by atoms with Gasteiger partial charge in [0.25, 0.3) is 0 Å². The first-order chi connectivity index (χ1) is 15.2. The Hall–Kier alpha value is -2.54. The van der Waals surface area contributed by atoms with Crippen LogP contribution in [0.3, 0.4) is 0 Å². The first kappa shape index (κ1) is 29.5. The molecule has 0 fully saturated rings. The Morgan fingerprint density at radius 2 is 1.94 bits per heavy atom. The van der Waals surface area contributed by atoms with Crippen molar-refractivity contribution in [3.05, 3.63) is 71.1 Å². The summed E-state index contributed by atoms with van der Waals surface area (Å²) in [7, 11) is 5.73. The van der Waals surface area contributed by atoms with Crippen molar-refractivity contribution >= 4 is 29.9 Å². The average Bonchev–Trinajstić information content (AvgIpc) is 2.96. The number of pyridine rings is 1. The van der Waals surface area contributed by atoms with Crippen LogP contribution in [-0.4, -0.2) is 62.8 Å². The van der Waals surface area contributed by atoms with Gasteiger partial charge in [-0.15, -0.1) is 0 Å². The summed E-state index contributed by atoms with van der Waals surface area (Å²) in [6.07, 6.45) is 13.7. The molecule has 0 saturated carbocycles. The van der Waals surface area contributed by atoms with Gasteiger partial charge in [0, 0.05) is 55.2 Å². The molecule has 32 heavy (non-hydrogen) atoms. The number of aromatic nitrogens is 1. The summed E-state index contributed by atoms with van der Waals surface area (Å²) in [6, 6.07) is 4.15. The summed E-state index contributed by atoms with van der Waals surface area (Å²) in [5.41, 5.74) is 2.63. The number of halogens is 1. The van der Waals surface area contributed by atoms with E-state index in [0.29, 0.717) is 11.7 Å². The lowest BCUT2D eigenvalue weighted by Crippen LogP contribution is -2.30. The van der Waals surface area contributed by atoms with Crippen molar-refractivity contribution < 1.29 is 4.79 Å². The number of nitrogens with zero attached hydrogens (tertiary/aromatic N) is 3. The van der Waals surface area contributed by atoms with Crippen molar-refractivity contribution in [1.29, 1.82) is 0 Å². The van der Waals surface area contributed by atoms with E-state index in [2.05, 4.69) is 73.2 Å². The number of allylic oxidation sites excluding steroid dienone is 6. The van der Waals surface area contributed by atoms with Crippen LogP contribution in [0.1, 0.15) is 32.8 Å². The van der Waals surface area contributed by atoms with E-state index in [1.807, 2.05) is 18.2 Å². The lowest BCUT2D eigenvalue weighted by atomic mass is 10.2. The van der Waals surface area contributed by atoms with Gasteiger partial charge < -0.3 is 15.5 Å². The molecule has 0 atom stereocenters. The fourth-order valence-corrected chi connectivity index (χ4v) is 2.37. The van der Waals surface area contributed by atoms with Crippen molar-refractivity contribution in [2.45, 2.75) is 33.2 Å². The SMILES string of the molecule is C=N/C(=C\C(=O)NC)c1ccncc1.CC(C)NCCN(C)C.CC1=CCC=C(Cl)C=C1. The van der Waals surface area contributed by atoms with E-state index >= 15 is 0 Å². The molecule has 6 nitrogen and oxygen atoms in total. The third kappa shape index (κ3) is 16.2. The number of hydrogen-bond acceptors (Lipinski definition) is 5. The number of carbonyl (C=O) groups excluding carboxylic acids is 1. The Balaban J connectivity index is 0.000000470. The molecule has 1 aromatic heterocycles. The van der Waals surface area contributed by atoms with E-state index in [0.717, 1.165) is 30.1 Å². The van der Waals surface area contributed by atoms with Crippen molar-refractivity contribution in [1.82, 2.24) is 20.5 Å². The third-order valence-electron chi connectivity index (χ3n) is 4.03.